The first-order valence-electron chi connectivity index (χ1n) is 5.43. The number of aromatic carboxylic acids is 2. The van der Waals surface area contributed by atoms with Gasteiger partial charge in [-0.2, -0.15) is 0 Å². The van der Waals surface area contributed by atoms with Crippen LogP contribution in [0.15, 0.2) is 27.2 Å². The molecule has 0 aliphatic carbocycles. The maximum Gasteiger partial charge on any atom is 0.372 e. The molecule has 2 aromatic heterocycles. The van der Waals surface area contributed by atoms with E-state index in [4.69, 9.17) is 10.2 Å². The van der Waals surface area contributed by atoms with E-state index in [-0.39, 0.29) is 17.3 Å². The van der Waals surface area contributed by atoms with Gasteiger partial charge in [-0.15, -0.1) is 0 Å². The third-order valence-corrected chi connectivity index (χ3v) is 2.30. The largest absolute Gasteiger partial charge is 0.475 e. The van der Waals surface area contributed by atoms with Gasteiger partial charge in [-0.3, -0.25) is 4.79 Å². The standard InChI is InChI=1S/C7H6O4.C6H6O3/c1-4-2-5(3-8)11-6(4)7(9)10;1-4-2-3-9-5(4)6(7)8/h2-3H,1H3,(H,9,10);2-3H,1H3,(H,7,8). The summed E-state index contributed by atoms with van der Waals surface area (Å²) in [5, 5.41) is 16.8. The Kier molecular flexibility index (Phi) is 4.85. The molecule has 2 rings (SSSR count). The van der Waals surface area contributed by atoms with Crippen LogP contribution in [0.1, 0.15) is 42.8 Å². The summed E-state index contributed by atoms with van der Waals surface area (Å²) in [6.07, 6.45) is 1.83. The zero-order valence-electron chi connectivity index (χ0n) is 10.7. The van der Waals surface area contributed by atoms with Crippen LogP contribution in [0, 0.1) is 13.8 Å². The highest BCUT2D eigenvalue weighted by Gasteiger charge is 2.13. The van der Waals surface area contributed by atoms with Crippen LogP contribution in [0.5, 0.6) is 0 Å². The minimum Gasteiger partial charge on any atom is -0.475 e. The number of carboxylic acid groups (broad SMARTS) is 2. The van der Waals surface area contributed by atoms with Crippen molar-refractivity contribution in [1.29, 1.82) is 0 Å². The molecule has 20 heavy (non-hydrogen) atoms. The van der Waals surface area contributed by atoms with Crippen LogP contribution in [-0.4, -0.2) is 28.4 Å². The average molecular weight is 280 g/mol. The highest BCUT2D eigenvalue weighted by atomic mass is 16.4. The first kappa shape index (κ1) is 15.2. The lowest BCUT2D eigenvalue weighted by atomic mass is 10.3. The minimum atomic E-state index is -1.16. The Bertz CT molecular complexity index is 633. The predicted molar refractivity (Wildman–Crippen MR) is 66.2 cm³/mol. The SMILES string of the molecule is Cc1cc(C=O)oc1C(=O)O.Cc1ccoc1C(=O)O. The van der Waals surface area contributed by atoms with Crippen molar-refractivity contribution in [3.8, 4) is 0 Å². The molecule has 0 spiro atoms. The Labute approximate surface area is 113 Å². The zero-order valence-corrected chi connectivity index (χ0v) is 10.7. The number of aldehydes is 1. The van der Waals surface area contributed by atoms with Gasteiger partial charge in [-0.05, 0) is 26.0 Å². The van der Waals surface area contributed by atoms with E-state index in [2.05, 4.69) is 8.83 Å². The predicted octanol–water partition coefficient (Wildman–Crippen LogP) is 2.38. The van der Waals surface area contributed by atoms with E-state index in [0.29, 0.717) is 17.4 Å². The monoisotopic (exact) mass is 280 g/mol. The van der Waals surface area contributed by atoms with Gasteiger partial charge in [0.25, 0.3) is 0 Å². The fourth-order valence-electron chi connectivity index (χ4n) is 1.37. The first-order valence-corrected chi connectivity index (χ1v) is 5.43. The number of carbonyl (C=O) groups excluding carboxylic acids is 1. The van der Waals surface area contributed by atoms with Crippen LogP contribution in [0.3, 0.4) is 0 Å². The second-order valence-electron chi connectivity index (χ2n) is 3.82. The van der Waals surface area contributed by atoms with Crippen molar-refractivity contribution < 1.29 is 33.4 Å². The molecular formula is C13H12O7. The Morgan fingerprint density at radius 3 is 1.95 bits per heavy atom. The molecule has 2 aromatic rings. The Balaban J connectivity index is 0.000000204. The van der Waals surface area contributed by atoms with E-state index in [1.54, 1.807) is 19.9 Å². The molecule has 0 amide bonds. The molecule has 0 saturated carbocycles. The lowest BCUT2D eigenvalue weighted by Gasteiger charge is -1.85. The van der Waals surface area contributed by atoms with Gasteiger partial charge in [-0.1, -0.05) is 0 Å². The van der Waals surface area contributed by atoms with Gasteiger partial charge >= 0.3 is 11.9 Å². The molecule has 0 fully saturated rings. The lowest BCUT2D eigenvalue weighted by Crippen LogP contribution is -1.94. The van der Waals surface area contributed by atoms with Crippen molar-refractivity contribution in [3.05, 3.63) is 46.8 Å². The third-order valence-electron chi connectivity index (χ3n) is 2.30. The van der Waals surface area contributed by atoms with Gasteiger partial charge < -0.3 is 19.0 Å². The molecule has 0 unspecified atom stereocenters. The van der Waals surface area contributed by atoms with Gasteiger partial charge in [0.05, 0.1) is 6.26 Å². The van der Waals surface area contributed by atoms with Crippen LogP contribution in [0.4, 0.5) is 0 Å². The number of furan rings is 2. The minimum absolute atomic E-state index is 0.0231. The molecule has 106 valence electrons. The topological polar surface area (TPSA) is 118 Å². The molecular weight excluding hydrogens is 268 g/mol. The smallest absolute Gasteiger partial charge is 0.372 e. The maximum atomic E-state index is 10.3. The highest BCUT2D eigenvalue weighted by Crippen LogP contribution is 2.12. The Morgan fingerprint density at radius 2 is 1.70 bits per heavy atom. The van der Waals surface area contributed by atoms with E-state index in [9.17, 15) is 14.4 Å². The van der Waals surface area contributed by atoms with Crippen molar-refractivity contribution >= 4 is 18.2 Å². The molecule has 2 N–H and O–H groups in total. The van der Waals surface area contributed by atoms with E-state index < -0.39 is 11.9 Å². The van der Waals surface area contributed by atoms with Crippen molar-refractivity contribution in [2.24, 2.45) is 0 Å². The van der Waals surface area contributed by atoms with E-state index in [1.165, 1.54) is 12.3 Å². The second kappa shape index (κ2) is 6.37. The second-order valence-corrected chi connectivity index (χ2v) is 3.82. The van der Waals surface area contributed by atoms with Gasteiger partial charge in [-0.25, -0.2) is 9.59 Å². The van der Waals surface area contributed by atoms with Gasteiger partial charge in [0.2, 0.25) is 11.5 Å². The maximum absolute atomic E-state index is 10.3. The molecule has 0 bridgehead atoms. The van der Waals surface area contributed by atoms with Crippen molar-refractivity contribution in [1.82, 2.24) is 0 Å². The van der Waals surface area contributed by atoms with Crippen LogP contribution in [-0.2, 0) is 0 Å². The summed E-state index contributed by atoms with van der Waals surface area (Å²) >= 11 is 0. The van der Waals surface area contributed by atoms with Crippen LogP contribution < -0.4 is 0 Å². The first-order chi connectivity index (χ1) is 9.36. The number of hydrogen-bond acceptors (Lipinski definition) is 5. The summed E-state index contributed by atoms with van der Waals surface area (Å²) in [6.45, 7) is 3.26. The number of hydrogen-bond donors (Lipinski definition) is 2. The molecule has 0 atom stereocenters. The summed E-state index contributed by atoms with van der Waals surface area (Å²) in [6, 6.07) is 3.00. The number of aryl methyl sites for hydroxylation is 2. The fourth-order valence-corrected chi connectivity index (χ4v) is 1.37. The summed E-state index contributed by atoms with van der Waals surface area (Å²) in [4.78, 5) is 30.6. The Morgan fingerprint density at radius 1 is 1.10 bits per heavy atom. The van der Waals surface area contributed by atoms with E-state index in [1.807, 2.05) is 0 Å². The number of carbonyl (C=O) groups is 3. The van der Waals surface area contributed by atoms with E-state index in [0.717, 1.165) is 0 Å². The van der Waals surface area contributed by atoms with Crippen LogP contribution in [0.2, 0.25) is 0 Å². The molecule has 0 aromatic carbocycles. The molecule has 7 nitrogen and oxygen atoms in total. The van der Waals surface area contributed by atoms with Gasteiger partial charge in [0.1, 0.15) is 0 Å². The molecule has 2 heterocycles. The van der Waals surface area contributed by atoms with Crippen molar-refractivity contribution in [2.75, 3.05) is 0 Å². The zero-order chi connectivity index (χ0) is 15.3. The van der Waals surface area contributed by atoms with Gasteiger partial charge in [0.15, 0.2) is 12.0 Å². The fraction of sp³-hybridized carbons (Fsp3) is 0.154. The van der Waals surface area contributed by atoms with Crippen LogP contribution in [0.25, 0.3) is 0 Å². The number of rotatable bonds is 3. The summed E-state index contributed by atoms with van der Waals surface area (Å²) < 4.78 is 9.28. The van der Waals surface area contributed by atoms with Crippen molar-refractivity contribution in [2.45, 2.75) is 13.8 Å². The number of carboxylic acids is 2. The lowest BCUT2D eigenvalue weighted by molar-refractivity contribution is 0.0650. The molecule has 0 aliphatic rings. The third kappa shape index (κ3) is 3.58. The summed E-state index contributed by atoms with van der Waals surface area (Å²) in [5.74, 6) is -2.28. The van der Waals surface area contributed by atoms with Crippen molar-refractivity contribution in [3.63, 3.8) is 0 Å². The summed E-state index contributed by atoms with van der Waals surface area (Å²) in [5.41, 5.74) is 1.11. The Hall–Kier alpha value is -2.83. The highest BCUT2D eigenvalue weighted by molar-refractivity contribution is 5.87. The molecule has 0 radical (unpaired) electrons. The molecule has 0 saturated heterocycles. The quantitative estimate of drug-likeness (QED) is 0.828. The molecule has 7 heteroatoms. The molecule has 0 aliphatic heterocycles. The normalized spacial score (nSPS) is 9.50. The van der Waals surface area contributed by atoms with Gasteiger partial charge in [0, 0.05) is 11.1 Å². The average Bonchev–Trinajstić information content (AvgIpc) is 2.95. The van der Waals surface area contributed by atoms with E-state index >= 15 is 0 Å². The summed E-state index contributed by atoms with van der Waals surface area (Å²) in [7, 11) is 0. The van der Waals surface area contributed by atoms with Crippen LogP contribution >= 0.6 is 0 Å².